The van der Waals surface area contributed by atoms with Crippen LogP contribution in [0.5, 0.6) is 0 Å². The van der Waals surface area contributed by atoms with Crippen molar-refractivity contribution in [2.45, 2.75) is 32.2 Å². The van der Waals surface area contributed by atoms with Gasteiger partial charge in [-0.05, 0) is 44.4 Å². The molecule has 6 heteroatoms. The number of hydrogen-bond acceptors (Lipinski definition) is 5. The highest BCUT2D eigenvalue weighted by molar-refractivity contribution is 5.86. The summed E-state index contributed by atoms with van der Waals surface area (Å²) in [5.74, 6) is 2.38. The first-order chi connectivity index (χ1) is 11.6. The largest absolute Gasteiger partial charge is 0.463 e. The van der Waals surface area contributed by atoms with E-state index in [1.807, 2.05) is 25.5 Å². The van der Waals surface area contributed by atoms with Crippen LogP contribution in [-0.4, -0.2) is 40.6 Å². The molecule has 1 aliphatic rings. The zero-order valence-electron chi connectivity index (χ0n) is 14.6. The quantitative estimate of drug-likeness (QED) is 0.789. The van der Waals surface area contributed by atoms with Gasteiger partial charge in [-0.25, -0.2) is 9.78 Å². The minimum Gasteiger partial charge on any atom is -0.463 e. The molecule has 0 unspecified atom stereocenters. The molecule has 1 saturated heterocycles. The van der Waals surface area contributed by atoms with Gasteiger partial charge in [-0.15, -0.1) is 0 Å². The second-order valence-corrected chi connectivity index (χ2v) is 6.53. The number of esters is 1. The summed E-state index contributed by atoms with van der Waals surface area (Å²) in [5.41, 5.74) is 0. The molecular formula is C18H25N3O3. The number of methoxy groups -OCH3 is 1. The lowest BCUT2D eigenvalue weighted by atomic mass is 9.93. The summed E-state index contributed by atoms with van der Waals surface area (Å²) >= 11 is 0. The SMILES string of the molecule is COC(=O)c1ccc([C@H](C)N2CCC[C@@H](Cc3nccn3C)C2)o1. The minimum absolute atomic E-state index is 0.146. The molecular weight excluding hydrogens is 306 g/mol. The normalized spacial score (nSPS) is 20.0. The third-order valence-corrected chi connectivity index (χ3v) is 4.92. The Bertz CT molecular complexity index is 691. The molecule has 6 nitrogen and oxygen atoms in total. The van der Waals surface area contributed by atoms with Gasteiger partial charge in [-0.2, -0.15) is 0 Å². The van der Waals surface area contributed by atoms with Crippen LogP contribution >= 0.6 is 0 Å². The van der Waals surface area contributed by atoms with Gasteiger partial charge in [0.15, 0.2) is 0 Å². The third kappa shape index (κ3) is 3.53. The van der Waals surface area contributed by atoms with E-state index in [1.54, 1.807) is 6.07 Å². The lowest BCUT2D eigenvalue weighted by Crippen LogP contribution is -2.38. The van der Waals surface area contributed by atoms with E-state index in [9.17, 15) is 4.79 Å². The fraction of sp³-hybridized carbons (Fsp3) is 0.556. The number of rotatable bonds is 5. The molecule has 0 spiro atoms. The molecule has 0 radical (unpaired) electrons. The van der Waals surface area contributed by atoms with Crippen LogP contribution < -0.4 is 0 Å². The molecule has 2 atom stereocenters. The van der Waals surface area contributed by atoms with Crippen LogP contribution in [-0.2, 0) is 18.2 Å². The number of likely N-dealkylation sites (tertiary alicyclic amines) is 1. The summed E-state index contributed by atoms with van der Waals surface area (Å²) in [4.78, 5) is 18.4. The number of hydrogen-bond donors (Lipinski definition) is 0. The van der Waals surface area contributed by atoms with Crippen LogP contribution in [0.3, 0.4) is 0 Å². The van der Waals surface area contributed by atoms with E-state index in [0.29, 0.717) is 5.92 Å². The van der Waals surface area contributed by atoms with Crippen molar-refractivity contribution in [3.8, 4) is 0 Å². The van der Waals surface area contributed by atoms with E-state index >= 15 is 0 Å². The molecule has 24 heavy (non-hydrogen) atoms. The van der Waals surface area contributed by atoms with Crippen LogP contribution in [0.2, 0.25) is 0 Å². The summed E-state index contributed by atoms with van der Waals surface area (Å²) in [6, 6.07) is 3.71. The molecule has 0 aromatic carbocycles. The summed E-state index contributed by atoms with van der Waals surface area (Å²) < 4.78 is 12.5. The Balaban J connectivity index is 1.64. The van der Waals surface area contributed by atoms with Crippen molar-refractivity contribution >= 4 is 5.97 Å². The average Bonchev–Trinajstić information content (AvgIpc) is 3.24. The third-order valence-electron chi connectivity index (χ3n) is 4.92. The predicted molar refractivity (Wildman–Crippen MR) is 89.7 cm³/mol. The van der Waals surface area contributed by atoms with Gasteiger partial charge in [0.2, 0.25) is 5.76 Å². The Morgan fingerprint density at radius 3 is 3.04 bits per heavy atom. The van der Waals surface area contributed by atoms with Gasteiger partial charge in [-0.3, -0.25) is 4.90 Å². The first-order valence-corrected chi connectivity index (χ1v) is 8.46. The number of carbonyl (C=O) groups excluding carboxylic acids is 1. The van der Waals surface area contributed by atoms with Gasteiger partial charge >= 0.3 is 5.97 Å². The maximum absolute atomic E-state index is 11.5. The second-order valence-electron chi connectivity index (χ2n) is 6.53. The molecule has 3 heterocycles. The minimum atomic E-state index is -0.431. The number of carbonyl (C=O) groups is 1. The summed E-state index contributed by atoms with van der Waals surface area (Å²) in [5, 5.41) is 0. The van der Waals surface area contributed by atoms with E-state index in [2.05, 4.69) is 21.4 Å². The van der Waals surface area contributed by atoms with Gasteiger partial charge in [0.25, 0.3) is 0 Å². The molecule has 0 bridgehead atoms. The van der Waals surface area contributed by atoms with Gasteiger partial charge in [0.1, 0.15) is 11.6 Å². The van der Waals surface area contributed by atoms with E-state index < -0.39 is 5.97 Å². The lowest BCUT2D eigenvalue weighted by molar-refractivity contribution is 0.0555. The number of furan rings is 1. The van der Waals surface area contributed by atoms with Crippen molar-refractivity contribution in [3.63, 3.8) is 0 Å². The molecule has 1 aliphatic heterocycles. The Morgan fingerprint density at radius 2 is 2.33 bits per heavy atom. The van der Waals surface area contributed by atoms with Crippen molar-refractivity contribution in [2.75, 3.05) is 20.2 Å². The summed E-state index contributed by atoms with van der Waals surface area (Å²) in [6.07, 6.45) is 7.25. The molecule has 2 aromatic heterocycles. The summed E-state index contributed by atoms with van der Waals surface area (Å²) in [7, 11) is 3.41. The van der Waals surface area contributed by atoms with Crippen LogP contribution in [0.4, 0.5) is 0 Å². The Labute approximate surface area is 142 Å². The first-order valence-electron chi connectivity index (χ1n) is 8.46. The van der Waals surface area contributed by atoms with Crippen molar-refractivity contribution in [2.24, 2.45) is 13.0 Å². The van der Waals surface area contributed by atoms with Crippen molar-refractivity contribution < 1.29 is 13.9 Å². The monoisotopic (exact) mass is 331 g/mol. The Morgan fingerprint density at radius 1 is 1.50 bits per heavy atom. The maximum Gasteiger partial charge on any atom is 0.373 e. The van der Waals surface area contributed by atoms with Crippen LogP contribution in [0.1, 0.15) is 47.9 Å². The second kappa shape index (κ2) is 7.21. The molecule has 0 amide bonds. The van der Waals surface area contributed by atoms with Crippen molar-refractivity contribution in [3.05, 3.63) is 41.9 Å². The predicted octanol–water partition coefficient (Wildman–Crippen LogP) is 2.82. The van der Waals surface area contributed by atoms with Crippen LogP contribution in [0, 0.1) is 5.92 Å². The van der Waals surface area contributed by atoms with E-state index in [0.717, 1.165) is 31.1 Å². The lowest BCUT2D eigenvalue weighted by Gasteiger charge is -2.36. The van der Waals surface area contributed by atoms with Gasteiger partial charge < -0.3 is 13.7 Å². The molecule has 130 valence electrons. The Hall–Kier alpha value is -2.08. The number of piperidine rings is 1. The molecule has 3 rings (SSSR count). The van der Waals surface area contributed by atoms with Gasteiger partial charge in [0.05, 0.1) is 13.2 Å². The number of nitrogens with zero attached hydrogens (tertiary/aromatic N) is 3. The highest BCUT2D eigenvalue weighted by atomic mass is 16.5. The molecule has 1 fully saturated rings. The molecule has 2 aromatic rings. The number of imidazole rings is 1. The Kier molecular flexibility index (Phi) is 5.04. The number of aryl methyl sites for hydroxylation is 1. The zero-order valence-corrected chi connectivity index (χ0v) is 14.6. The topological polar surface area (TPSA) is 60.5 Å². The van der Waals surface area contributed by atoms with Crippen molar-refractivity contribution in [1.82, 2.24) is 14.5 Å². The number of aromatic nitrogens is 2. The molecule has 0 N–H and O–H groups in total. The molecule has 0 aliphatic carbocycles. The van der Waals surface area contributed by atoms with E-state index in [4.69, 9.17) is 9.15 Å². The van der Waals surface area contributed by atoms with E-state index in [-0.39, 0.29) is 11.8 Å². The molecule has 0 saturated carbocycles. The van der Waals surface area contributed by atoms with Gasteiger partial charge in [0, 0.05) is 32.4 Å². The smallest absolute Gasteiger partial charge is 0.373 e. The summed E-state index contributed by atoms with van der Waals surface area (Å²) in [6.45, 7) is 4.19. The highest BCUT2D eigenvalue weighted by Crippen LogP contribution is 2.29. The van der Waals surface area contributed by atoms with Crippen LogP contribution in [0.25, 0.3) is 0 Å². The number of ether oxygens (including phenoxy) is 1. The van der Waals surface area contributed by atoms with Gasteiger partial charge in [-0.1, -0.05) is 0 Å². The first kappa shape index (κ1) is 16.8. The fourth-order valence-electron chi connectivity index (χ4n) is 3.43. The average molecular weight is 331 g/mol. The fourth-order valence-corrected chi connectivity index (χ4v) is 3.43. The van der Waals surface area contributed by atoms with Crippen LogP contribution in [0.15, 0.2) is 28.9 Å². The van der Waals surface area contributed by atoms with E-state index in [1.165, 1.54) is 20.0 Å². The highest BCUT2D eigenvalue weighted by Gasteiger charge is 2.27. The van der Waals surface area contributed by atoms with Crippen molar-refractivity contribution in [1.29, 1.82) is 0 Å². The zero-order chi connectivity index (χ0) is 17.1. The standard InChI is InChI=1S/C18H25N3O3/c1-13(15-6-7-16(24-15)18(22)23-3)21-9-4-5-14(12-21)11-17-19-8-10-20(17)2/h6-8,10,13-14H,4-5,9,11-12H2,1-3H3/t13-,14-/m0/s1. The maximum atomic E-state index is 11.5.